The summed E-state index contributed by atoms with van der Waals surface area (Å²) < 4.78 is 77.1. The third kappa shape index (κ3) is 7.32. The molecule has 4 amide bonds. The summed E-state index contributed by atoms with van der Waals surface area (Å²) in [6.45, 7) is 4.91. The highest BCUT2D eigenvalue weighted by atomic mass is 32.2. The molecule has 0 unspecified atom stereocenters. The lowest BCUT2D eigenvalue weighted by molar-refractivity contribution is -0.176. The van der Waals surface area contributed by atoms with Crippen molar-refractivity contribution < 1.29 is 45.2 Å². The Morgan fingerprint density at radius 2 is 1.77 bits per heavy atom. The minimum atomic E-state index is -5.22. The van der Waals surface area contributed by atoms with Gasteiger partial charge in [-0.15, -0.1) is 0 Å². The van der Waals surface area contributed by atoms with Gasteiger partial charge < -0.3 is 20.9 Å². The molecule has 3 fully saturated rings. The van der Waals surface area contributed by atoms with Crippen molar-refractivity contribution in [2.45, 2.75) is 77.2 Å². The number of nitrogens with zero attached hydrogens (tertiary/aromatic N) is 1. The van der Waals surface area contributed by atoms with E-state index in [2.05, 4.69) is 10.6 Å². The first kappa shape index (κ1) is 31.8. The molecule has 226 valence electrons. The van der Waals surface area contributed by atoms with Crippen molar-refractivity contribution >= 4 is 33.5 Å². The Kier molecular flexibility index (Phi) is 9.26. The number of likely N-dealkylation sites (tertiary alicyclic amines) is 1. The van der Waals surface area contributed by atoms with E-state index in [4.69, 9.17) is 0 Å². The highest BCUT2D eigenvalue weighted by Crippen LogP contribution is 2.43. The summed E-state index contributed by atoms with van der Waals surface area (Å²) in [6, 6.07) is -3.95. The molecule has 2 heterocycles. The van der Waals surface area contributed by atoms with Gasteiger partial charge in [0.25, 0.3) is 0 Å². The molecule has 3 rings (SSSR count). The largest absolute Gasteiger partial charge is 0.471 e. The molecule has 2 saturated heterocycles. The van der Waals surface area contributed by atoms with Crippen molar-refractivity contribution in [3.05, 3.63) is 11.2 Å². The number of carbonyl (C=O) groups excluding carboxylic acids is 4. The minimum Gasteiger partial charge on any atom is -0.356 e. The maximum atomic E-state index is 14.5. The van der Waals surface area contributed by atoms with Gasteiger partial charge in [-0.2, -0.15) is 17.6 Å². The second-order valence-electron chi connectivity index (χ2n) is 11.9. The lowest BCUT2D eigenvalue weighted by Gasteiger charge is -2.36. The van der Waals surface area contributed by atoms with E-state index in [1.54, 1.807) is 5.32 Å². The number of hydrogen-bond donors (Lipinski definition) is 3. The van der Waals surface area contributed by atoms with Crippen LogP contribution >= 0.6 is 0 Å². The highest BCUT2D eigenvalue weighted by Gasteiger charge is 2.53. The van der Waals surface area contributed by atoms with Gasteiger partial charge in [-0.05, 0) is 49.0 Å². The van der Waals surface area contributed by atoms with Gasteiger partial charge in [-0.3, -0.25) is 19.2 Å². The van der Waals surface area contributed by atoms with Gasteiger partial charge in [0, 0.05) is 25.3 Å². The fourth-order valence-corrected chi connectivity index (χ4v) is 6.20. The van der Waals surface area contributed by atoms with E-state index in [0.717, 1.165) is 6.42 Å². The second kappa shape index (κ2) is 11.6. The number of fused-ring (bicyclic) bond motifs is 1. The van der Waals surface area contributed by atoms with Crippen molar-refractivity contribution in [2.24, 2.45) is 23.2 Å². The zero-order chi connectivity index (χ0) is 30.2. The normalized spacial score (nSPS) is 27.1. The zero-order valence-corrected chi connectivity index (χ0v) is 23.6. The maximum absolute atomic E-state index is 14.5. The van der Waals surface area contributed by atoms with Gasteiger partial charge in [-0.1, -0.05) is 27.2 Å². The van der Waals surface area contributed by atoms with Crippen LogP contribution in [0.2, 0.25) is 0 Å². The molecule has 2 aliphatic heterocycles. The summed E-state index contributed by atoms with van der Waals surface area (Å²) >= 11 is 0. The smallest absolute Gasteiger partial charge is 0.356 e. The number of hydrogen-bond acceptors (Lipinski definition) is 6. The molecule has 10 nitrogen and oxygen atoms in total. The number of nitrogens with one attached hydrogen (secondary N) is 3. The Bertz CT molecular complexity index is 1170. The van der Waals surface area contributed by atoms with Crippen molar-refractivity contribution in [3.63, 3.8) is 0 Å². The molecule has 1 saturated carbocycles. The predicted octanol–water partition coefficient (Wildman–Crippen LogP) is 1.57. The predicted molar refractivity (Wildman–Crippen MR) is 135 cm³/mol. The average molecular weight is 597 g/mol. The first-order valence-electron chi connectivity index (χ1n) is 13.1. The Morgan fingerprint density at radius 3 is 2.30 bits per heavy atom. The van der Waals surface area contributed by atoms with Crippen molar-refractivity contribution in [1.29, 1.82) is 0 Å². The first-order valence-corrected chi connectivity index (χ1v) is 15.0. The third-order valence-electron chi connectivity index (χ3n) is 7.80. The quantitative estimate of drug-likeness (QED) is 0.364. The summed E-state index contributed by atoms with van der Waals surface area (Å²) in [4.78, 5) is 52.4. The summed E-state index contributed by atoms with van der Waals surface area (Å²) in [5, 5.41) is 5.50. The maximum Gasteiger partial charge on any atom is 0.471 e. The Labute approximate surface area is 230 Å². The fraction of sp³-hybridized carbons (Fsp3) is 0.760. The minimum absolute atomic E-state index is 0.0826. The molecular weight excluding hydrogens is 560 g/mol. The number of sulfone groups is 1. The molecule has 0 aromatic carbocycles. The Hall–Kier alpha value is -2.71. The van der Waals surface area contributed by atoms with Crippen LogP contribution in [-0.2, 0) is 29.0 Å². The van der Waals surface area contributed by atoms with Crippen LogP contribution in [0.25, 0.3) is 0 Å². The fourth-order valence-electron chi connectivity index (χ4n) is 5.79. The van der Waals surface area contributed by atoms with Gasteiger partial charge in [0.1, 0.15) is 12.1 Å². The molecule has 0 bridgehead atoms. The van der Waals surface area contributed by atoms with Crippen molar-refractivity contribution in [2.75, 3.05) is 19.3 Å². The lowest BCUT2D eigenvalue weighted by atomic mass is 9.85. The van der Waals surface area contributed by atoms with Crippen LogP contribution in [-0.4, -0.2) is 80.6 Å². The number of alkyl halides is 3. The molecule has 0 aromatic rings. The standard InChI is InChI=1S/C25H36F4N4O6S/c1-24(2,3)19(32-23(37)25(27,28)29)22(36)33-12-14-6-5-7-16(14)18(33)21(35)31-15(11-17(26)40(4,38)39)10-13-8-9-30-20(13)34/h11,13-16,18-19H,5-10,12H2,1-4H3,(H,30,34)(H,31,35)(H,32,37)/b17-11+/t13-,14+,15+,16+,18-,19+/m0/s1. The summed E-state index contributed by atoms with van der Waals surface area (Å²) in [5.74, 6) is -5.25. The van der Waals surface area contributed by atoms with Gasteiger partial charge in [0.2, 0.25) is 32.7 Å². The molecule has 3 aliphatic rings. The van der Waals surface area contributed by atoms with E-state index in [-0.39, 0.29) is 30.7 Å². The van der Waals surface area contributed by atoms with Crippen LogP contribution < -0.4 is 16.0 Å². The Morgan fingerprint density at radius 1 is 1.12 bits per heavy atom. The van der Waals surface area contributed by atoms with Gasteiger partial charge in [0.15, 0.2) is 0 Å². The first-order chi connectivity index (χ1) is 18.3. The monoisotopic (exact) mass is 596 g/mol. The molecule has 0 radical (unpaired) electrons. The van der Waals surface area contributed by atoms with Crippen LogP contribution in [0.3, 0.4) is 0 Å². The molecule has 0 spiro atoms. The summed E-state index contributed by atoms with van der Waals surface area (Å²) in [5.41, 5.74) is -1.14. The van der Waals surface area contributed by atoms with Gasteiger partial charge in [0.05, 0.1) is 6.04 Å². The Balaban J connectivity index is 1.91. The van der Waals surface area contributed by atoms with Gasteiger partial charge in [-0.25, -0.2) is 8.42 Å². The molecule has 3 N–H and O–H groups in total. The van der Waals surface area contributed by atoms with E-state index in [1.807, 2.05) is 0 Å². The molecular formula is C25H36F4N4O6S. The summed E-state index contributed by atoms with van der Waals surface area (Å²) in [7, 11) is -4.24. The van der Waals surface area contributed by atoms with Crippen LogP contribution in [0.5, 0.6) is 0 Å². The zero-order valence-electron chi connectivity index (χ0n) is 22.8. The average Bonchev–Trinajstić information content (AvgIpc) is 3.50. The van der Waals surface area contributed by atoms with Crippen LogP contribution in [0, 0.1) is 23.2 Å². The molecule has 1 aliphatic carbocycles. The number of carbonyl (C=O) groups is 4. The third-order valence-corrected chi connectivity index (χ3v) is 8.65. The van der Waals surface area contributed by atoms with Crippen LogP contribution in [0.4, 0.5) is 17.6 Å². The van der Waals surface area contributed by atoms with Crippen molar-refractivity contribution in [3.8, 4) is 0 Å². The van der Waals surface area contributed by atoms with Crippen LogP contribution in [0.15, 0.2) is 11.2 Å². The summed E-state index contributed by atoms with van der Waals surface area (Å²) in [6.07, 6.45) is -1.55. The number of rotatable bonds is 8. The van der Waals surface area contributed by atoms with E-state index < -0.39 is 68.4 Å². The molecule has 6 atom stereocenters. The number of amides is 4. The second-order valence-corrected chi connectivity index (χ2v) is 13.9. The van der Waals surface area contributed by atoms with E-state index in [1.165, 1.54) is 25.7 Å². The van der Waals surface area contributed by atoms with Crippen molar-refractivity contribution in [1.82, 2.24) is 20.9 Å². The van der Waals surface area contributed by atoms with E-state index in [9.17, 15) is 45.2 Å². The molecule has 40 heavy (non-hydrogen) atoms. The lowest BCUT2D eigenvalue weighted by Crippen LogP contribution is -2.60. The topological polar surface area (TPSA) is 142 Å². The van der Waals surface area contributed by atoms with Crippen LogP contribution in [0.1, 0.15) is 52.9 Å². The van der Waals surface area contributed by atoms with E-state index in [0.29, 0.717) is 38.1 Å². The van der Waals surface area contributed by atoms with Gasteiger partial charge >= 0.3 is 12.1 Å². The van der Waals surface area contributed by atoms with E-state index >= 15 is 0 Å². The SMILES string of the molecule is CC(C)(C)[C@H](NC(=O)C(F)(F)F)C(=O)N1C[C@H]2CCC[C@H]2[C@H]1C(=O)N[C@@H](/C=C(\F)S(C)(=O)=O)C[C@@H]1CCNC1=O. The highest BCUT2D eigenvalue weighted by molar-refractivity contribution is 7.94. The molecule has 15 heteroatoms. The molecule has 0 aromatic heterocycles. The number of halogens is 4.